The van der Waals surface area contributed by atoms with Crippen LogP contribution in [-0.4, -0.2) is 56.3 Å². The molecule has 2 aromatic carbocycles. The molecule has 142 valence electrons. The van der Waals surface area contributed by atoms with Crippen LogP contribution in [0.5, 0.6) is 11.5 Å². The molecule has 0 aliphatic rings. The second-order valence-electron chi connectivity index (χ2n) is 5.33. The molecule has 2 aromatic heterocycles. The molecule has 0 saturated carbocycles. The Morgan fingerprint density at radius 3 is 1.68 bits per heavy atom. The molecule has 0 atom stereocenters. The zero-order valence-electron chi connectivity index (χ0n) is 14.1. The van der Waals surface area contributed by atoms with E-state index in [0.717, 1.165) is 0 Å². The molecule has 4 aromatic rings. The fraction of sp³-hybridized carbons (Fsp3) is 0.125. The number of nitrogens with zero attached hydrogens (tertiary/aromatic N) is 4. The topological polar surface area (TPSA) is 154 Å². The van der Waals surface area contributed by atoms with Crippen molar-refractivity contribution in [2.24, 2.45) is 0 Å². The number of hydrogen-bond donors (Lipinski definition) is 2. The van der Waals surface area contributed by atoms with E-state index in [9.17, 15) is 9.59 Å². The SMILES string of the molecule is O=C(OCCOC(=O)Oc1cccc2[nH]nnc12)Oc1cccc2[nH]nnc12. The summed E-state index contributed by atoms with van der Waals surface area (Å²) in [7, 11) is 0. The number of nitrogens with one attached hydrogen (secondary N) is 2. The number of H-pyrrole nitrogens is 2. The summed E-state index contributed by atoms with van der Waals surface area (Å²) >= 11 is 0. The predicted octanol–water partition coefficient (Wildman–Crippen LogP) is 1.96. The van der Waals surface area contributed by atoms with Crippen LogP contribution in [0.3, 0.4) is 0 Å². The number of carbonyl (C=O) groups excluding carboxylic acids is 2. The van der Waals surface area contributed by atoms with Gasteiger partial charge in [0.15, 0.2) is 22.5 Å². The Labute approximate surface area is 155 Å². The first-order chi connectivity index (χ1) is 13.7. The Kier molecular flexibility index (Phi) is 4.65. The molecule has 0 aliphatic heterocycles. The van der Waals surface area contributed by atoms with E-state index in [2.05, 4.69) is 30.8 Å². The lowest BCUT2D eigenvalue weighted by Crippen LogP contribution is -2.18. The lowest BCUT2D eigenvalue weighted by molar-refractivity contribution is 0.0545. The molecule has 0 unspecified atom stereocenters. The summed E-state index contributed by atoms with van der Waals surface area (Å²) in [6, 6.07) is 9.88. The van der Waals surface area contributed by atoms with Gasteiger partial charge in [-0.25, -0.2) is 9.59 Å². The smallest absolute Gasteiger partial charge is 0.430 e. The zero-order chi connectivity index (χ0) is 19.3. The van der Waals surface area contributed by atoms with E-state index in [1.54, 1.807) is 36.4 Å². The molecule has 0 amide bonds. The molecule has 0 fully saturated rings. The molecule has 28 heavy (non-hydrogen) atoms. The summed E-state index contributed by atoms with van der Waals surface area (Å²) in [4.78, 5) is 23.5. The number of carbonyl (C=O) groups is 2. The first-order valence-electron chi connectivity index (χ1n) is 7.99. The second kappa shape index (κ2) is 7.57. The quantitative estimate of drug-likeness (QED) is 0.296. The van der Waals surface area contributed by atoms with Gasteiger partial charge in [0.2, 0.25) is 0 Å². The molecular weight excluding hydrogens is 372 g/mol. The highest BCUT2D eigenvalue weighted by atomic mass is 16.7. The van der Waals surface area contributed by atoms with Crippen molar-refractivity contribution in [2.45, 2.75) is 0 Å². The molecule has 0 radical (unpaired) electrons. The van der Waals surface area contributed by atoms with Crippen molar-refractivity contribution < 1.29 is 28.5 Å². The van der Waals surface area contributed by atoms with Gasteiger partial charge in [0, 0.05) is 0 Å². The van der Waals surface area contributed by atoms with E-state index in [0.29, 0.717) is 22.1 Å². The van der Waals surface area contributed by atoms with Crippen LogP contribution >= 0.6 is 0 Å². The van der Waals surface area contributed by atoms with Crippen LogP contribution in [0.25, 0.3) is 22.1 Å². The van der Waals surface area contributed by atoms with Crippen molar-refractivity contribution >= 4 is 34.4 Å². The van der Waals surface area contributed by atoms with Crippen LogP contribution in [0.15, 0.2) is 36.4 Å². The van der Waals surface area contributed by atoms with E-state index in [1.165, 1.54) is 0 Å². The van der Waals surface area contributed by atoms with Crippen LogP contribution < -0.4 is 9.47 Å². The highest BCUT2D eigenvalue weighted by Gasteiger charge is 2.14. The van der Waals surface area contributed by atoms with Crippen LogP contribution in [0.4, 0.5) is 9.59 Å². The Morgan fingerprint density at radius 1 is 0.750 bits per heavy atom. The van der Waals surface area contributed by atoms with Crippen molar-refractivity contribution in [3.63, 3.8) is 0 Å². The maximum absolute atomic E-state index is 11.7. The van der Waals surface area contributed by atoms with Gasteiger partial charge in [-0.15, -0.1) is 10.2 Å². The molecule has 0 spiro atoms. The van der Waals surface area contributed by atoms with Crippen LogP contribution in [0.2, 0.25) is 0 Å². The molecule has 2 N–H and O–H groups in total. The van der Waals surface area contributed by atoms with Crippen molar-refractivity contribution in [1.82, 2.24) is 30.8 Å². The first-order valence-corrected chi connectivity index (χ1v) is 7.99. The number of benzene rings is 2. The number of aromatic amines is 2. The van der Waals surface area contributed by atoms with Gasteiger partial charge in [-0.05, 0) is 24.3 Å². The largest absolute Gasteiger partial charge is 0.514 e. The first kappa shape index (κ1) is 17.2. The van der Waals surface area contributed by atoms with Gasteiger partial charge in [-0.3, -0.25) is 10.2 Å². The molecule has 0 saturated heterocycles. The minimum Gasteiger partial charge on any atom is -0.430 e. The monoisotopic (exact) mass is 384 g/mol. The summed E-state index contributed by atoms with van der Waals surface area (Å²) in [6.07, 6.45) is -1.94. The maximum atomic E-state index is 11.7. The number of rotatable bonds is 5. The number of ether oxygens (including phenoxy) is 4. The van der Waals surface area contributed by atoms with Crippen molar-refractivity contribution in [3.8, 4) is 11.5 Å². The third-order valence-electron chi connectivity index (χ3n) is 3.55. The van der Waals surface area contributed by atoms with E-state index in [-0.39, 0.29) is 24.7 Å². The molecule has 4 rings (SSSR count). The van der Waals surface area contributed by atoms with Crippen LogP contribution in [0.1, 0.15) is 0 Å². The average Bonchev–Trinajstić information content (AvgIpc) is 3.35. The number of aromatic nitrogens is 6. The van der Waals surface area contributed by atoms with E-state index >= 15 is 0 Å². The molecule has 0 bridgehead atoms. The van der Waals surface area contributed by atoms with Crippen molar-refractivity contribution in [2.75, 3.05) is 13.2 Å². The maximum Gasteiger partial charge on any atom is 0.514 e. The van der Waals surface area contributed by atoms with Gasteiger partial charge in [0.25, 0.3) is 0 Å². The summed E-state index contributed by atoms with van der Waals surface area (Å²) < 4.78 is 19.8. The molecule has 12 nitrogen and oxygen atoms in total. The van der Waals surface area contributed by atoms with Crippen molar-refractivity contribution in [3.05, 3.63) is 36.4 Å². The highest BCUT2D eigenvalue weighted by Crippen LogP contribution is 2.22. The van der Waals surface area contributed by atoms with Gasteiger partial charge in [0.1, 0.15) is 13.2 Å². The molecule has 12 heteroatoms. The fourth-order valence-corrected chi connectivity index (χ4v) is 2.34. The Balaban J connectivity index is 1.23. The summed E-state index contributed by atoms with van der Waals surface area (Å²) in [6.45, 7) is -0.451. The minimum absolute atomic E-state index is 0.192. The molecular formula is C16H12N6O6. The predicted molar refractivity (Wildman–Crippen MR) is 91.7 cm³/mol. The normalized spacial score (nSPS) is 10.7. The Hall–Kier alpha value is -4.22. The van der Waals surface area contributed by atoms with E-state index < -0.39 is 12.3 Å². The fourth-order valence-electron chi connectivity index (χ4n) is 2.34. The highest BCUT2D eigenvalue weighted by molar-refractivity contribution is 5.83. The third kappa shape index (κ3) is 3.65. The third-order valence-corrected chi connectivity index (χ3v) is 3.55. The Bertz CT molecular complexity index is 1050. The van der Waals surface area contributed by atoms with Gasteiger partial charge < -0.3 is 18.9 Å². The minimum atomic E-state index is -0.972. The summed E-state index contributed by atoms with van der Waals surface area (Å²) in [5.41, 5.74) is 2.00. The molecule has 2 heterocycles. The number of fused-ring (bicyclic) bond motifs is 2. The Morgan fingerprint density at radius 2 is 1.21 bits per heavy atom. The molecule has 0 aliphatic carbocycles. The van der Waals surface area contributed by atoms with Crippen LogP contribution in [0, 0.1) is 0 Å². The van der Waals surface area contributed by atoms with E-state index in [4.69, 9.17) is 18.9 Å². The summed E-state index contributed by atoms with van der Waals surface area (Å²) in [5, 5.41) is 20.2. The van der Waals surface area contributed by atoms with Crippen LogP contribution in [-0.2, 0) is 9.47 Å². The van der Waals surface area contributed by atoms with Gasteiger partial charge >= 0.3 is 12.3 Å². The average molecular weight is 384 g/mol. The lowest BCUT2D eigenvalue weighted by atomic mass is 10.3. The van der Waals surface area contributed by atoms with Gasteiger partial charge in [-0.1, -0.05) is 22.6 Å². The lowest BCUT2D eigenvalue weighted by Gasteiger charge is -2.07. The van der Waals surface area contributed by atoms with Gasteiger partial charge in [-0.2, -0.15) is 0 Å². The zero-order valence-corrected chi connectivity index (χ0v) is 14.1. The van der Waals surface area contributed by atoms with Gasteiger partial charge in [0.05, 0.1) is 11.0 Å². The summed E-state index contributed by atoms with van der Waals surface area (Å²) in [5.74, 6) is 0.384. The van der Waals surface area contributed by atoms with Crippen molar-refractivity contribution in [1.29, 1.82) is 0 Å². The second-order valence-corrected chi connectivity index (χ2v) is 5.33. The van der Waals surface area contributed by atoms with E-state index in [1.807, 2.05) is 0 Å². The standard InChI is InChI=1S/C16H12N6O6/c23-15(27-11-5-1-3-9-13(11)19-21-17-9)25-7-8-26-16(24)28-12-6-2-4-10-14(12)20-22-18-10/h1-6H,7-8H2,(H,17,19,21)(H,18,20,22). The number of hydrogen-bond acceptors (Lipinski definition) is 10.